The standard InChI is InChI=1S/C18H25NO2/c1-14-4-2-5-15(10-14)12-18(7-8-18)19-17(20)11-16-6-3-9-21-13-16/h2,4-5,10,16H,3,6-9,11-13H2,1H3,(H,19,20). The first-order valence-corrected chi connectivity index (χ1v) is 8.10. The van der Waals surface area contributed by atoms with Gasteiger partial charge in [-0.25, -0.2) is 0 Å². The Morgan fingerprint density at radius 2 is 2.29 bits per heavy atom. The third-order valence-electron chi connectivity index (χ3n) is 4.61. The number of benzene rings is 1. The van der Waals surface area contributed by atoms with E-state index in [1.54, 1.807) is 0 Å². The summed E-state index contributed by atoms with van der Waals surface area (Å²) in [5, 5.41) is 3.29. The third kappa shape index (κ3) is 4.07. The van der Waals surface area contributed by atoms with Gasteiger partial charge in [0.05, 0.1) is 0 Å². The minimum Gasteiger partial charge on any atom is -0.381 e. The highest BCUT2D eigenvalue weighted by Crippen LogP contribution is 2.39. The lowest BCUT2D eigenvalue weighted by molar-refractivity contribution is -0.124. The Morgan fingerprint density at radius 3 is 2.95 bits per heavy atom. The number of nitrogens with one attached hydrogen (secondary N) is 1. The van der Waals surface area contributed by atoms with Crippen LogP contribution in [-0.4, -0.2) is 24.7 Å². The smallest absolute Gasteiger partial charge is 0.220 e. The SMILES string of the molecule is Cc1cccc(CC2(NC(=O)CC3CCCOC3)CC2)c1. The molecule has 3 rings (SSSR count). The first kappa shape index (κ1) is 14.6. The summed E-state index contributed by atoms with van der Waals surface area (Å²) in [4.78, 5) is 12.3. The molecule has 1 N–H and O–H groups in total. The van der Waals surface area contributed by atoms with Gasteiger partial charge in [-0.2, -0.15) is 0 Å². The van der Waals surface area contributed by atoms with Crippen LogP contribution in [0.5, 0.6) is 0 Å². The summed E-state index contributed by atoms with van der Waals surface area (Å²) < 4.78 is 5.46. The maximum atomic E-state index is 12.3. The molecule has 1 atom stereocenters. The average Bonchev–Trinajstić information content (AvgIpc) is 3.18. The lowest BCUT2D eigenvalue weighted by atomic mass is 9.97. The lowest BCUT2D eigenvalue weighted by Gasteiger charge is -2.23. The van der Waals surface area contributed by atoms with Crippen LogP contribution in [0, 0.1) is 12.8 Å². The molecule has 3 heteroatoms. The number of carbonyl (C=O) groups excluding carboxylic acids is 1. The van der Waals surface area contributed by atoms with Gasteiger partial charge in [-0.1, -0.05) is 29.8 Å². The average molecular weight is 287 g/mol. The normalized spacial score (nSPS) is 23.6. The van der Waals surface area contributed by atoms with E-state index in [1.165, 1.54) is 11.1 Å². The molecule has 114 valence electrons. The van der Waals surface area contributed by atoms with Gasteiger partial charge in [-0.15, -0.1) is 0 Å². The zero-order valence-electron chi connectivity index (χ0n) is 12.9. The highest BCUT2D eigenvalue weighted by molar-refractivity contribution is 5.77. The molecule has 1 unspecified atom stereocenters. The van der Waals surface area contributed by atoms with E-state index < -0.39 is 0 Å². The van der Waals surface area contributed by atoms with Crippen molar-refractivity contribution in [3.05, 3.63) is 35.4 Å². The van der Waals surface area contributed by atoms with Gasteiger partial charge < -0.3 is 10.1 Å². The van der Waals surface area contributed by atoms with Crippen molar-refractivity contribution in [1.29, 1.82) is 0 Å². The van der Waals surface area contributed by atoms with Gasteiger partial charge >= 0.3 is 0 Å². The summed E-state index contributed by atoms with van der Waals surface area (Å²) >= 11 is 0. The van der Waals surface area contributed by atoms with Crippen molar-refractivity contribution in [1.82, 2.24) is 5.32 Å². The fourth-order valence-corrected chi connectivity index (χ4v) is 3.29. The molecular formula is C18H25NO2. The van der Waals surface area contributed by atoms with Gasteiger partial charge in [0.15, 0.2) is 0 Å². The van der Waals surface area contributed by atoms with Gasteiger partial charge in [-0.3, -0.25) is 4.79 Å². The first-order chi connectivity index (χ1) is 10.2. The number of carbonyl (C=O) groups is 1. The van der Waals surface area contributed by atoms with Crippen molar-refractivity contribution in [3.63, 3.8) is 0 Å². The molecule has 1 aliphatic heterocycles. The summed E-state index contributed by atoms with van der Waals surface area (Å²) in [6.07, 6.45) is 6.00. The molecule has 1 saturated heterocycles. The Morgan fingerprint density at radius 1 is 1.43 bits per heavy atom. The van der Waals surface area contributed by atoms with Gasteiger partial charge in [-0.05, 0) is 50.5 Å². The van der Waals surface area contributed by atoms with E-state index in [9.17, 15) is 4.79 Å². The molecule has 0 bridgehead atoms. The Bertz CT molecular complexity index is 502. The van der Waals surface area contributed by atoms with E-state index in [0.717, 1.165) is 45.3 Å². The minimum absolute atomic E-state index is 0.0282. The molecule has 3 nitrogen and oxygen atoms in total. The molecular weight excluding hydrogens is 262 g/mol. The second kappa shape index (κ2) is 6.18. The van der Waals surface area contributed by atoms with E-state index in [0.29, 0.717) is 12.3 Å². The monoisotopic (exact) mass is 287 g/mol. The fraction of sp³-hybridized carbons (Fsp3) is 0.611. The number of rotatable bonds is 5. The van der Waals surface area contributed by atoms with E-state index in [-0.39, 0.29) is 11.4 Å². The van der Waals surface area contributed by atoms with Crippen molar-refractivity contribution in [2.45, 2.75) is 51.0 Å². The van der Waals surface area contributed by atoms with Crippen molar-refractivity contribution in [2.75, 3.05) is 13.2 Å². The molecule has 1 amide bonds. The van der Waals surface area contributed by atoms with Crippen LogP contribution in [0.15, 0.2) is 24.3 Å². The Hall–Kier alpha value is -1.35. The Kier molecular flexibility index (Phi) is 4.29. The van der Waals surface area contributed by atoms with Crippen LogP contribution in [0.2, 0.25) is 0 Å². The number of aryl methyl sites for hydroxylation is 1. The lowest BCUT2D eigenvalue weighted by Crippen LogP contribution is -2.40. The predicted molar refractivity (Wildman–Crippen MR) is 83.2 cm³/mol. The van der Waals surface area contributed by atoms with Gasteiger partial charge in [0.2, 0.25) is 5.91 Å². The summed E-state index contributed by atoms with van der Waals surface area (Å²) in [5.74, 6) is 0.615. The molecule has 1 aliphatic carbocycles. The molecule has 2 aliphatic rings. The van der Waals surface area contributed by atoms with Gasteiger partial charge in [0.1, 0.15) is 0 Å². The Labute approximate surface area is 127 Å². The van der Waals surface area contributed by atoms with Crippen LogP contribution >= 0.6 is 0 Å². The molecule has 0 spiro atoms. The molecule has 21 heavy (non-hydrogen) atoms. The van der Waals surface area contributed by atoms with Crippen molar-refractivity contribution in [3.8, 4) is 0 Å². The van der Waals surface area contributed by atoms with Crippen LogP contribution in [0.1, 0.15) is 43.2 Å². The third-order valence-corrected chi connectivity index (χ3v) is 4.61. The fourth-order valence-electron chi connectivity index (χ4n) is 3.29. The van der Waals surface area contributed by atoms with Crippen LogP contribution < -0.4 is 5.32 Å². The van der Waals surface area contributed by atoms with Crippen LogP contribution in [0.25, 0.3) is 0 Å². The molecule has 0 radical (unpaired) electrons. The topological polar surface area (TPSA) is 38.3 Å². The zero-order chi connectivity index (χ0) is 14.7. The summed E-state index contributed by atoms with van der Waals surface area (Å²) in [7, 11) is 0. The van der Waals surface area contributed by atoms with E-state index in [2.05, 4.69) is 36.5 Å². The molecule has 1 aromatic carbocycles. The van der Waals surface area contributed by atoms with Crippen LogP contribution in [-0.2, 0) is 16.0 Å². The summed E-state index contributed by atoms with van der Waals surface area (Å²) in [6, 6.07) is 8.60. The number of ether oxygens (including phenoxy) is 1. The molecule has 1 saturated carbocycles. The minimum atomic E-state index is 0.0282. The van der Waals surface area contributed by atoms with Crippen molar-refractivity contribution < 1.29 is 9.53 Å². The van der Waals surface area contributed by atoms with Gasteiger partial charge in [0, 0.05) is 25.2 Å². The van der Waals surface area contributed by atoms with Crippen LogP contribution in [0.3, 0.4) is 0 Å². The van der Waals surface area contributed by atoms with E-state index in [1.807, 2.05) is 0 Å². The molecule has 2 fully saturated rings. The second-order valence-corrected chi connectivity index (χ2v) is 6.78. The second-order valence-electron chi connectivity index (χ2n) is 6.78. The number of hydrogen-bond donors (Lipinski definition) is 1. The zero-order valence-corrected chi connectivity index (χ0v) is 12.9. The number of hydrogen-bond acceptors (Lipinski definition) is 2. The summed E-state index contributed by atoms with van der Waals surface area (Å²) in [5.41, 5.74) is 2.64. The molecule has 1 heterocycles. The molecule has 0 aromatic heterocycles. The number of amides is 1. The van der Waals surface area contributed by atoms with Crippen molar-refractivity contribution >= 4 is 5.91 Å². The highest BCUT2D eigenvalue weighted by Gasteiger charge is 2.43. The van der Waals surface area contributed by atoms with Gasteiger partial charge in [0.25, 0.3) is 0 Å². The maximum Gasteiger partial charge on any atom is 0.220 e. The first-order valence-electron chi connectivity index (χ1n) is 8.10. The van der Waals surface area contributed by atoms with E-state index in [4.69, 9.17) is 4.74 Å². The molecule has 1 aromatic rings. The quantitative estimate of drug-likeness (QED) is 0.904. The van der Waals surface area contributed by atoms with Crippen molar-refractivity contribution in [2.24, 2.45) is 5.92 Å². The summed E-state index contributed by atoms with van der Waals surface area (Å²) in [6.45, 7) is 3.72. The van der Waals surface area contributed by atoms with E-state index >= 15 is 0 Å². The largest absolute Gasteiger partial charge is 0.381 e. The Balaban J connectivity index is 1.52. The maximum absolute atomic E-state index is 12.3. The van der Waals surface area contributed by atoms with Crippen LogP contribution in [0.4, 0.5) is 0 Å². The predicted octanol–water partition coefficient (Wildman–Crippen LogP) is 3.00. The highest BCUT2D eigenvalue weighted by atomic mass is 16.5.